The van der Waals surface area contributed by atoms with Crippen LogP contribution in [0, 0.1) is 17.8 Å². The number of likely N-dealkylation sites (tertiary alicyclic amines) is 1. The molecule has 3 heterocycles. The summed E-state index contributed by atoms with van der Waals surface area (Å²) in [6.45, 7) is 4.01. The molecule has 6 atom stereocenters. The summed E-state index contributed by atoms with van der Waals surface area (Å²) in [5, 5.41) is 17.2. The number of carbonyl (C=O) groups is 3. The molecule has 2 aromatic carbocycles. The summed E-state index contributed by atoms with van der Waals surface area (Å²) >= 11 is 0. The summed E-state index contributed by atoms with van der Waals surface area (Å²) < 4.78 is 6.59. The quantitative estimate of drug-likeness (QED) is 0.604. The van der Waals surface area contributed by atoms with Crippen molar-refractivity contribution in [1.82, 2.24) is 10.2 Å². The van der Waals surface area contributed by atoms with E-state index in [0.717, 1.165) is 10.8 Å². The lowest BCUT2D eigenvalue weighted by molar-refractivity contribution is -0.146. The second-order valence-electron chi connectivity index (χ2n) is 9.98. The Morgan fingerprint density at radius 1 is 1.18 bits per heavy atom. The highest BCUT2D eigenvalue weighted by Crippen LogP contribution is 2.65. The van der Waals surface area contributed by atoms with Gasteiger partial charge in [-0.15, -0.1) is 0 Å². The molecule has 5 rings (SSSR count). The molecule has 3 fully saturated rings. The predicted octanol–water partition coefficient (Wildman–Crippen LogP) is 1.92. The van der Waals surface area contributed by atoms with Crippen molar-refractivity contribution in [2.24, 2.45) is 17.8 Å². The van der Waals surface area contributed by atoms with Gasteiger partial charge < -0.3 is 25.4 Å². The molecule has 0 radical (unpaired) electrons. The first-order valence-electron chi connectivity index (χ1n) is 11.9. The van der Waals surface area contributed by atoms with Crippen molar-refractivity contribution in [1.29, 1.82) is 0 Å². The number of ether oxygens (including phenoxy) is 1. The highest BCUT2D eigenvalue weighted by Gasteiger charge is 2.79. The molecule has 0 saturated carbocycles. The number of amides is 3. The largest absolute Gasteiger partial charge is 0.396 e. The maximum absolute atomic E-state index is 13.8. The van der Waals surface area contributed by atoms with Gasteiger partial charge in [-0.25, -0.2) is 0 Å². The number of nitrogens with zero attached hydrogens (tertiary/aromatic N) is 1. The molecule has 3 unspecified atom stereocenters. The second kappa shape index (κ2) is 8.06. The van der Waals surface area contributed by atoms with Gasteiger partial charge in [0, 0.05) is 25.9 Å². The summed E-state index contributed by atoms with van der Waals surface area (Å²) in [6, 6.07) is 12.7. The minimum atomic E-state index is -1.08. The number of carbonyl (C=O) groups excluding carboxylic acids is 3. The van der Waals surface area contributed by atoms with Gasteiger partial charge in [-0.05, 0) is 48.6 Å². The molecule has 8 nitrogen and oxygen atoms in total. The highest BCUT2D eigenvalue weighted by molar-refractivity contribution is 6.04. The van der Waals surface area contributed by atoms with Crippen molar-refractivity contribution in [3.8, 4) is 0 Å². The van der Waals surface area contributed by atoms with Gasteiger partial charge in [0.15, 0.2) is 0 Å². The molecule has 3 saturated heterocycles. The van der Waals surface area contributed by atoms with Gasteiger partial charge in [0.25, 0.3) is 0 Å². The van der Waals surface area contributed by atoms with Crippen molar-refractivity contribution in [2.45, 2.75) is 43.9 Å². The molecular formula is C26H31N3O5. The molecule has 2 aromatic rings. The Hall–Kier alpha value is -2.97. The van der Waals surface area contributed by atoms with Gasteiger partial charge in [-0.1, -0.05) is 37.3 Å². The normalized spacial score (nSPS) is 33.9. The minimum Gasteiger partial charge on any atom is -0.396 e. The Labute approximate surface area is 198 Å². The van der Waals surface area contributed by atoms with Crippen LogP contribution in [0.3, 0.4) is 0 Å². The van der Waals surface area contributed by atoms with Crippen molar-refractivity contribution in [3.05, 3.63) is 42.5 Å². The molecule has 0 aromatic heterocycles. The van der Waals surface area contributed by atoms with Crippen LogP contribution in [0.1, 0.15) is 26.7 Å². The van der Waals surface area contributed by atoms with Crippen molar-refractivity contribution < 1.29 is 24.2 Å². The second-order valence-corrected chi connectivity index (χ2v) is 9.98. The number of rotatable bonds is 6. The molecule has 3 N–H and O–H groups in total. The van der Waals surface area contributed by atoms with Gasteiger partial charge in [0.1, 0.15) is 11.6 Å². The third-order valence-electron chi connectivity index (χ3n) is 8.17. The first-order chi connectivity index (χ1) is 16.3. The molecule has 3 aliphatic rings. The van der Waals surface area contributed by atoms with E-state index in [2.05, 4.69) is 10.6 Å². The first kappa shape index (κ1) is 22.8. The van der Waals surface area contributed by atoms with Crippen LogP contribution in [-0.2, 0) is 19.1 Å². The number of aliphatic hydroxyl groups excluding tert-OH is 1. The lowest BCUT2D eigenvalue weighted by atomic mass is 9.62. The van der Waals surface area contributed by atoms with E-state index in [-0.39, 0.29) is 36.8 Å². The molecule has 8 heteroatoms. The number of nitrogens with one attached hydrogen (secondary N) is 2. The van der Waals surface area contributed by atoms with Crippen LogP contribution in [0.15, 0.2) is 42.5 Å². The zero-order valence-corrected chi connectivity index (χ0v) is 19.7. The number of anilines is 1. The molecule has 2 bridgehead atoms. The number of hydrogen-bond donors (Lipinski definition) is 3. The fraction of sp³-hybridized carbons (Fsp3) is 0.500. The van der Waals surface area contributed by atoms with E-state index in [1.54, 1.807) is 7.05 Å². The predicted molar refractivity (Wildman–Crippen MR) is 127 cm³/mol. The van der Waals surface area contributed by atoms with Crippen LogP contribution in [0.5, 0.6) is 0 Å². The average molecular weight is 466 g/mol. The SMILES string of the molecule is CNC(=O)[C@H]1[C@H]2C(=O)N(CCCO)C(C(=O)Nc3ccc4ccccc4c3)C23CC(C)[C@]1(C)O3. The Kier molecular flexibility index (Phi) is 5.41. The summed E-state index contributed by atoms with van der Waals surface area (Å²) in [4.78, 5) is 42.0. The fourth-order valence-corrected chi connectivity index (χ4v) is 6.55. The Morgan fingerprint density at radius 2 is 1.91 bits per heavy atom. The van der Waals surface area contributed by atoms with Gasteiger partial charge >= 0.3 is 0 Å². The van der Waals surface area contributed by atoms with E-state index in [0.29, 0.717) is 18.5 Å². The highest BCUT2D eigenvalue weighted by atomic mass is 16.5. The van der Waals surface area contributed by atoms with E-state index in [1.807, 2.05) is 56.3 Å². The number of hydrogen-bond acceptors (Lipinski definition) is 5. The van der Waals surface area contributed by atoms with E-state index >= 15 is 0 Å². The third kappa shape index (κ3) is 3.08. The summed E-state index contributed by atoms with van der Waals surface area (Å²) in [5.41, 5.74) is -1.28. The van der Waals surface area contributed by atoms with Gasteiger partial charge in [-0.2, -0.15) is 0 Å². The van der Waals surface area contributed by atoms with Gasteiger partial charge in [0.2, 0.25) is 17.7 Å². The number of benzene rings is 2. The Morgan fingerprint density at radius 3 is 2.62 bits per heavy atom. The lowest BCUT2D eigenvalue weighted by Gasteiger charge is -2.36. The van der Waals surface area contributed by atoms with E-state index in [1.165, 1.54) is 4.90 Å². The maximum Gasteiger partial charge on any atom is 0.250 e. The average Bonchev–Trinajstić information content (AvgIpc) is 3.33. The lowest BCUT2D eigenvalue weighted by Crippen LogP contribution is -2.54. The topological polar surface area (TPSA) is 108 Å². The third-order valence-corrected chi connectivity index (χ3v) is 8.17. The zero-order valence-electron chi connectivity index (χ0n) is 19.7. The van der Waals surface area contributed by atoms with Crippen LogP contribution in [0.25, 0.3) is 10.8 Å². The minimum absolute atomic E-state index is 0.00684. The molecule has 1 spiro atoms. The standard InChI is InChI=1S/C26H31N3O5/c1-15-14-26-20(19(22(31)27-3)25(15,2)34-26)24(33)29(11-6-12-30)21(26)23(32)28-18-10-9-16-7-4-5-8-17(16)13-18/h4-5,7-10,13,15,19-21,30H,6,11-12,14H2,1-3H3,(H,27,31)(H,28,32)/t15?,19-,20+,21?,25+,26?/m1/s1. The van der Waals surface area contributed by atoms with Crippen LogP contribution >= 0.6 is 0 Å². The maximum atomic E-state index is 13.8. The van der Waals surface area contributed by atoms with E-state index in [4.69, 9.17) is 4.74 Å². The molecule has 180 valence electrons. The fourth-order valence-electron chi connectivity index (χ4n) is 6.55. The van der Waals surface area contributed by atoms with E-state index < -0.39 is 29.1 Å². The van der Waals surface area contributed by atoms with Crippen LogP contribution in [0.4, 0.5) is 5.69 Å². The molecule has 3 amide bonds. The van der Waals surface area contributed by atoms with E-state index in [9.17, 15) is 19.5 Å². The van der Waals surface area contributed by atoms with Crippen molar-refractivity contribution in [2.75, 3.05) is 25.5 Å². The number of aliphatic hydroxyl groups is 1. The van der Waals surface area contributed by atoms with Crippen LogP contribution in [-0.4, -0.2) is 65.2 Å². The summed E-state index contributed by atoms with van der Waals surface area (Å²) in [7, 11) is 1.56. The van der Waals surface area contributed by atoms with Crippen molar-refractivity contribution >= 4 is 34.2 Å². The van der Waals surface area contributed by atoms with Crippen LogP contribution in [0.2, 0.25) is 0 Å². The van der Waals surface area contributed by atoms with Gasteiger partial charge in [-0.3, -0.25) is 14.4 Å². The van der Waals surface area contributed by atoms with Crippen LogP contribution < -0.4 is 10.6 Å². The summed E-state index contributed by atoms with van der Waals surface area (Å²) in [6.07, 6.45) is 0.852. The Bertz CT molecular complexity index is 1170. The van der Waals surface area contributed by atoms with Crippen molar-refractivity contribution in [3.63, 3.8) is 0 Å². The monoisotopic (exact) mass is 465 g/mol. The number of fused-ring (bicyclic) bond motifs is 2. The molecule has 0 aliphatic carbocycles. The molecule has 34 heavy (non-hydrogen) atoms. The Balaban J connectivity index is 1.54. The molecule has 3 aliphatic heterocycles. The summed E-state index contributed by atoms with van der Waals surface area (Å²) in [5.74, 6) is -2.25. The molecular weight excluding hydrogens is 434 g/mol. The first-order valence-corrected chi connectivity index (χ1v) is 11.9. The zero-order chi connectivity index (χ0) is 24.3. The smallest absolute Gasteiger partial charge is 0.250 e. The van der Waals surface area contributed by atoms with Gasteiger partial charge in [0.05, 0.1) is 17.4 Å².